The number of esters is 1. The van der Waals surface area contributed by atoms with Crippen molar-refractivity contribution in [2.75, 3.05) is 18.9 Å². The van der Waals surface area contributed by atoms with E-state index in [9.17, 15) is 18.4 Å². The molecule has 0 heterocycles. The van der Waals surface area contributed by atoms with E-state index >= 15 is 0 Å². The average molecular weight is 395 g/mol. The summed E-state index contributed by atoms with van der Waals surface area (Å²) in [4.78, 5) is 23.5. The fourth-order valence-electron chi connectivity index (χ4n) is 2.06. The van der Waals surface area contributed by atoms with Crippen molar-refractivity contribution >= 4 is 23.6 Å². The molecule has 1 amide bonds. The van der Waals surface area contributed by atoms with Crippen molar-refractivity contribution in [3.8, 4) is 5.75 Å². The number of carbonyl (C=O) groups excluding carboxylic acids is 2. The summed E-state index contributed by atoms with van der Waals surface area (Å²) >= 11 is 1.69. The molecule has 0 aliphatic rings. The van der Waals surface area contributed by atoms with Gasteiger partial charge >= 0.3 is 12.6 Å². The van der Waals surface area contributed by atoms with Crippen LogP contribution in [-0.2, 0) is 15.3 Å². The van der Waals surface area contributed by atoms with Gasteiger partial charge in [-0.15, -0.1) is 0 Å². The van der Waals surface area contributed by atoms with Crippen LogP contribution in [0.15, 0.2) is 54.6 Å². The van der Waals surface area contributed by atoms with E-state index in [2.05, 4.69) is 10.1 Å². The van der Waals surface area contributed by atoms with Crippen LogP contribution in [0, 0.1) is 0 Å². The summed E-state index contributed by atoms with van der Waals surface area (Å²) in [6.45, 7) is -2.87. The zero-order chi connectivity index (χ0) is 19.5. The van der Waals surface area contributed by atoms with Gasteiger partial charge in [-0.2, -0.15) is 20.5 Å². The lowest BCUT2D eigenvalue weighted by atomic mass is 10.2. The molecular formula is C19H19F2NO4S. The molecule has 0 aliphatic carbocycles. The number of ether oxygens (including phenoxy) is 2. The molecule has 0 saturated carbocycles. The molecule has 0 unspecified atom stereocenters. The Morgan fingerprint density at radius 1 is 1.04 bits per heavy atom. The van der Waals surface area contributed by atoms with Crippen molar-refractivity contribution in [2.45, 2.75) is 12.4 Å². The minimum Gasteiger partial charge on any atom is -0.452 e. The summed E-state index contributed by atoms with van der Waals surface area (Å²) in [6, 6.07) is 15.0. The molecule has 0 aliphatic heterocycles. The summed E-state index contributed by atoms with van der Waals surface area (Å²) in [5, 5.41) is 2.67. The lowest BCUT2D eigenvalue weighted by molar-refractivity contribution is -0.124. The number of carbonyl (C=O) groups is 2. The Kier molecular flexibility index (Phi) is 8.57. The van der Waals surface area contributed by atoms with E-state index in [-0.39, 0.29) is 11.3 Å². The van der Waals surface area contributed by atoms with Gasteiger partial charge in [0.05, 0.1) is 5.56 Å². The van der Waals surface area contributed by atoms with E-state index in [4.69, 9.17) is 4.74 Å². The maximum absolute atomic E-state index is 12.1. The van der Waals surface area contributed by atoms with Crippen molar-refractivity contribution in [3.63, 3.8) is 0 Å². The molecule has 0 saturated heterocycles. The smallest absolute Gasteiger partial charge is 0.387 e. The number of hydrogen-bond acceptors (Lipinski definition) is 5. The SMILES string of the molecule is O=C(COC(=O)c1ccc(OC(F)F)cc1)NCCSCc1ccccc1. The van der Waals surface area contributed by atoms with Gasteiger partial charge < -0.3 is 14.8 Å². The van der Waals surface area contributed by atoms with Gasteiger partial charge in [0.1, 0.15) is 5.75 Å². The van der Waals surface area contributed by atoms with Crippen molar-refractivity contribution < 1.29 is 27.8 Å². The monoisotopic (exact) mass is 395 g/mol. The minimum absolute atomic E-state index is 0.0627. The second-order valence-electron chi connectivity index (χ2n) is 5.37. The van der Waals surface area contributed by atoms with E-state index in [1.165, 1.54) is 29.8 Å². The largest absolute Gasteiger partial charge is 0.452 e. The minimum atomic E-state index is -2.93. The molecule has 0 spiro atoms. The highest BCUT2D eigenvalue weighted by Crippen LogP contribution is 2.15. The Labute approximate surface area is 160 Å². The van der Waals surface area contributed by atoms with Gasteiger partial charge in [0.15, 0.2) is 6.61 Å². The van der Waals surface area contributed by atoms with Crippen molar-refractivity contribution in [1.82, 2.24) is 5.32 Å². The van der Waals surface area contributed by atoms with Crippen LogP contribution in [0.4, 0.5) is 8.78 Å². The standard InChI is InChI=1S/C19H19F2NO4S/c20-19(21)26-16-8-6-15(7-9-16)18(24)25-12-17(23)22-10-11-27-13-14-4-2-1-3-5-14/h1-9,19H,10-13H2,(H,22,23). The van der Waals surface area contributed by atoms with E-state index in [0.717, 1.165) is 11.5 Å². The Morgan fingerprint density at radius 3 is 2.41 bits per heavy atom. The molecule has 0 fully saturated rings. The van der Waals surface area contributed by atoms with Gasteiger partial charge in [0.2, 0.25) is 0 Å². The summed E-state index contributed by atoms with van der Waals surface area (Å²) in [5.74, 6) is 0.415. The van der Waals surface area contributed by atoms with E-state index in [1.807, 2.05) is 30.3 Å². The van der Waals surface area contributed by atoms with Gasteiger partial charge in [-0.05, 0) is 29.8 Å². The summed E-state index contributed by atoms with van der Waals surface area (Å²) in [6.07, 6.45) is 0. The van der Waals surface area contributed by atoms with Gasteiger partial charge in [-0.25, -0.2) is 4.79 Å². The highest BCUT2D eigenvalue weighted by atomic mass is 32.2. The number of thioether (sulfide) groups is 1. The molecule has 0 aromatic heterocycles. The van der Waals surface area contributed by atoms with Crippen LogP contribution >= 0.6 is 11.8 Å². The molecule has 0 atom stereocenters. The maximum Gasteiger partial charge on any atom is 0.387 e. The molecule has 144 valence electrons. The Balaban J connectivity index is 1.61. The molecule has 5 nitrogen and oxygen atoms in total. The van der Waals surface area contributed by atoms with E-state index in [0.29, 0.717) is 6.54 Å². The normalized spacial score (nSPS) is 10.5. The van der Waals surface area contributed by atoms with Crippen LogP contribution < -0.4 is 10.1 Å². The molecule has 8 heteroatoms. The third-order valence-corrected chi connectivity index (χ3v) is 4.36. The first kappa shape index (κ1) is 20.7. The predicted octanol–water partition coefficient (Wildman–Crippen LogP) is 3.49. The fraction of sp³-hybridized carbons (Fsp3) is 0.263. The molecule has 1 N–H and O–H groups in total. The van der Waals surface area contributed by atoms with Crippen LogP contribution in [-0.4, -0.2) is 37.4 Å². The van der Waals surface area contributed by atoms with Crippen LogP contribution in [0.1, 0.15) is 15.9 Å². The predicted molar refractivity (Wildman–Crippen MR) is 99.0 cm³/mol. The second kappa shape index (κ2) is 11.2. The number of rotatable bonds is 10. The van der Waals surface area contributed by atoms with Crippen molar-refractivity contribution in [1.29, 1.82) is 0 Å². The maximum atomic E-state index is 12.1. The van der Waals surface area contributed by atoms with Gasteiger partial charge in [-0.1, -0.05) is 30.3 Å². The summed E-state index contributed by atoms with van der Waals surface area (Å²) < 4.78 is 33.2. The van der Waals surface area contributed by atoms with Gasteiger partial charge in [0.25, 0.3) is 5.91 Å². The Morgan fingerprint density at radius 2 is 1.74 bits per heavy atom. The molecule has 2 rings (SSSR count). The zero-order valence-electron chi connectivity index (χ0n) is 14.4. The highest BCUT2D eigenvalue weighted by molar-refractivity contribution is 7.98. The summed E-state index contributed by atoms with van der Waals surface area (Å²) in [7, 11) is 0. The quantitative estimate of drug-likeness (QED) is 0.493. The van der Waals surface area contributed by atoms with Crippen LogP contribution in [0.5, 0.6) is 5.75 Å². The molecule has 0 radical (unpaired) electrons. The van der Waals surface area contributed by atoms with Crippen molar-refractivity contribution in [3.05, 3.63) is 65.7 Å². The lowest BCUT2D eigenvalue weighted by Crippen LogP contribution is -2.30. The third-order valence-electron chi connectivity index (χ3n) is 3.33. The number of amides is 1. The first-order valence-corrected chi connectivity index (χ1v) is 9.30. The second-order valence-corrected chi connectivity index (χ2v) is 6.47. The van der Waals surface area contributed by atoms with Gasteiger partial charge in [0, 0.05) is 18.1 Å². The van der Waals surface area contributed by atoms with Crippen LogP contribution in [0.3, 0.4) is 0 Å². The lowest BCUT2D eigenvalue weighted by Gasteiger charge is -2.08. The Hall–Kier alpha value is -2.61. The Bertz CT molecular complexity index is 726. The number of benzene rings is 2. The molecule has 2 aromatic rings. The van der Waals surface area contributed by atoms with Gasteiger partial charge in [-0.3, -0.25) is 4.79 Å². The van der Waals surface area contributed by atoms with Crippen LogP contribution in [0.2, 0.25) is 0 Å². The fourth-order valence-corrected chi connectivity index (χ4v) is 2.88. The summed E-state index contributed by atoms with van der Waals surface area (Å²) in [5.41, 5.74) is 1.36. The average Bonchev–Trinajstić information content (AvgIpc) is 2.67. The van der Waals surface area contributed by atoms with E-state index < -0.39 is 25.1 Å². The number of hydrogen-bond donors (Lipinski definition) is 1. The van der Waals surface area contributed by atoms with E-state index in [1.54, 1.807) is 11.8 Å². The third kappa shape index (κ3) is 8.08. The topological polar surface area (TPSA) is 64.6 Å². The number of alkyl halides is 2. The van der Waals surface area contributed by atoms with Crippen molar-refractivity contribution in [2.24, 2.45) is 0 Å². The molecular weight excluding hydrogens is 376 g/mol. The number of halogens is 2. The first-order valence-electron chi connectivity index (χ1n) is 8.15. The number of nitrogens with one attached hydrogen (secondary N) is 1. The molecule has 2 aromatic carbocycles. The highest BCUT2D eigenvalue weighted by Gasteiger charge is 2.11. The molecule has 27 heavy (non-hydrogen) atoms. The zero-order valence-corrected chi connectivity index (χ0v) is 15.2. The van der Waals surface area contributed by atoms with Crippen LogP contribution in [0.25, 0.3) is 0 Å². The molecule has 0 bridgehead atoms. The first-order chi connectivity index (χ1) is 13.0.